The molecule has 2 aromatic rings. The Hall–Kier alpha value is -2.35. The molecule has 0 aliphatic heterocycles. The summed E-state index contributed by atoms with van der Waals surface area (Å²) < 4.78 is 1.84. The average molecular weight is 267 g/mol. The Morgan fingerprint density at radius 3 is 3.00 bits per heavy atom. The number of rotatable bonds is 3. The normalized spacial score (nSPS) is 13.6. The van der Waals surface area contributed by atoms with Crippen LogP contribution in [0.5, 0.6) is 0 Å². The van der Waals surface area contributed by atoms with Crippen molar-refractivity contribution in [3.8, 4) is 6.07 Å². The third-order valence-electron chi connectivity index (χ3n) is 3.64. The number of nitrogens with one attached hydrogen (secondary N) is 1. The Morgan fingerprint density at radius 2 is 2.25 bits per heavy atom. The van der Waals surface area contributed by atoms with Gasteiger partial charge in [0.2, 0.25) is 0 Å². The van der Waals surface area contributed by atoms with Crippen molar-refractivity contribution in [2.24, 2.45) is 0 Å². The molecule has 5 nitrogen and oxygen atoms in total. The summed E-state index contributed by atoms with van der Waals surface area (Å²) in [6, 6.07) is 4.21. The van der Waals surface area contributed by atoms with Crippen LogP contribution in [0.25, 0.3) is 0 Å². The van der Waals surface area contributed by atoms with E-state index in [-0.39, 0.29) is 0 Å². The van der Waals surface area contributed by atoms with Crippen LogP contribution in [-0.2, 0) is 19.4 Å². The number of aromatic nitrogens is 3. The van der Waals surface area contributed by atoms with Gasteiger partial charge in [0, 0.05) is 18.4 Å². The number of pyridine rings is 1. The molecule has 0 saturated heterocycles. The molecular formula is C15H17N5. The summed E-state index contributed by atoms with van der Waals surface area (Å²) in [6.07, 6.45) is 8.08. The number of fused-ring (bicyclic) bond motifs is 1. The van der Waals surface area contributed by atoms with E-state index in [1.165, 1.54) is 18.4 Å². The summed E-state index contributed by atoms with van der Waals surface area (Å²) >= 11 is 0. The minimum Gasteiger partial charge on any atom is -0.337 e. The highest BCUT2D eigenvalue weighted by Gasteiger charge is 2.15. The van der Waals surface area contributed by atoms with E-state index < -0.39 is 0 Å². The fourth-order valence-corrected chi connectivity index (χ4v) is 2.55. The zero-order chi connectivity index (χ0) is 13.9. The van der Waals surface area contributed by atoms with Crippen molar-refractivity contribution >= 4 is 11.5 Å². The maximum Gasteiger partial charge on any atom is 0.148 e. The summed E-state index contributed by atoms with van der Waals surface area (Å²) in [5.41, 5.74) is 3.82. The van der Waals surface area contributed by atoms with Crippen LogP contribution < -0.4 is 5.32 Å². The van der Waals surface area contributed by atoms with E-state index in [0.717, 1.165) is 30.8 Å². The fraction of sp³-hybridized carbons (Fsp3) is 0.400. The second-order valence-electron chi connectivity index (χ2n) is 5.02. The second-order valence-corrected chi connectivity index (χ2v) is 5.02. The maximum atomic E-state index is 9.30. The van der Waals surface area contributed by atoms with Gasteiger partial charge in [-0.05, 0) is 44.2 Å². The van der Waals surface area contributed by atoms with Crippen molar-refractivity contribution in [2.75, 3.05) is 5.32 Å². The molecule has 5 heteroatoms. The third-order valence-corrected chi connectivity index (χ3v) is 3.64. The minimum absolute atomic E-state index is 0.606. The predicted octanol–water partition coefficient (Wildman–Crippen LogP) is 2.79. The summed E-state index contributed by atoms with van der Waals surface area (Å²) in [5, 5.41) is 16.7. The Labute approximate surface area is 118 Å². The third kappa shape index (κ3) is 2.37. The first-order valence-corrected chi connectivity index (χ1v) is 7.02. The molecule has 0 unspecified atom stereocenters. The van der Waals surface area contributed by atoms with Gasteiger partial charge < -0.3 is 5.32 Å². The van der Waals surface area contributed by atoms with Crippen LogP contribution in [0.3, 0.4) is 0 Å². The van der Waals surface area contributed by atoms with Crippen molar-refractivity contribution in [3.05, 3.63) is 35.3 Å². The molecule has 0 amide bonds. The Morgan fingerprint density at radius 1 is 1.40 bits per heavy atom. The molecule has 0 atom stereocenters. The minimum atomic E-state index is 0.606. The van der Waals surface area contributed by atoms with Gasteiger partial charge in [-0.3, -0.25) is 4.68 Å². The monoisotopic (exact) mass is 267 g/mol. The van der Waals surface area contributed by atoms with Gasteiger partial charge >= 0.3 is 0 Å². The van der Waals surface area contributed by atoms with Gasteiger partial charge in [0.15, 0.2) is 0 Å². The van der Waals surface area contributed by atoms with Gasteiger partial charge in [-0.1, -0.05) is 0 Å². The second kappa shape index (κ2) is 5.33. The van der Waals surface area contributed by atoms with Gasteiger partial charge in [0.1, 0.15) is 11.9 Å². The molecule has 0 bridgehead atoms. The number of nitriles is 1. The lowest BCUT2D eigenvalue weighted by molar-refractivity contribution is 0.660. The first-order valence-electron chi connectivity index (χ1n) is 7.02. The van der Waals surface area contributed by atoms with E-state index in [0.29, 0.717) is 11.4 Å². The highest BCUT2D eigenvalue weighted by molar-refractivity contribution is 5.62. The predicted molar refractivity (Wildman–Crippen MR) is 76.8 cm³/mol. The zero-order valence-corrected chi connectivity index (χ0v) is 11.6. The van der Waals surface area contributed by atoms with E-state index in [4.69, 9.17) is 0 Å². The first kappa shape index (κ1) is 12.7. The highest BCUT2D eigenvalue weighted by atomic mass is 15.3. The first-order chi connectivity index (χ1) is 9.80. The molecular weight excluding hydrogens is 250 g/mol. The summed E-state index contributed by atoms with van der Waals surface area (Å²) in [7, 11) is 0. The number of nitrogens with zero attached hydrogens (tertiary/aromatic N) is 4. The van der Waals surface area contributed by atoms with Crippen LogP contribution in [0.4, 0.5) is 11.5 Å². The molecule has 0 spiro atoms. The average Bonchev–Trinajstić information content (AvgIpc) is 2.94. The summed E-state index contributed by atoms with van der Waals surface area (Å²) in [4.78, 5) is 4.64. The van der Waals surface area contributed by atoms with E-state index in [1.807, 2.05) is 23.9 Å². The molecule has 0 saturated carbocycles. The lowest BCUT2D eigenvalue weighted by atomic mass is 9.95. The van der Waals surface area contributed by atoms with E-state index in [1.54, 1.807) is 6.20 Å². The van der Waals surface area contributed by atoms with Gasteiger partial charge in [0.05, 0.1) is 17.4 Å². The highest BCUT2D eigenvalue weighted by Crippen LogP contribution is 2.26. The fourth-order valence-electron chi connectivity index (χ4n) is 2.55. The maximum absolute atomic E-state index is 9.30. The smallest absolute Gasteiger partial charge is 0.148 e. The topological polar surface area (TPSA) is 66.5 Å². The van der Waals surface area contributed by atoms with Gasteiger partial charge in [-0.2, -0.15) is 10.4 Å². The molecule has 0 fully saturated rings. The Balaban J connectivity index is 1.93. The quantitative estimate of drug-likeness (QED) is 0.928. The number of hydrogen-bond acceptors (Lipinski definition) is 4. The largest absolute Gasteiger partial charge is 0.337 e. The molecule has 2 aromatic heterocycles. The molecule has 102 valence electrons. The number of aryl methyl sites for hydroxylation is 3. The molecule has 0 radical (unpaired) electrons. The molecule has 1 aliphatic carbocycles. The van der Waals surface area contributed by atoms with Gasteiger partial charge in [-0.15, -0.1) is 0 Å². The van der Waals surface area contributed by atoms with Crippen molar-refractivity contribution < 1.29 is 0 Å². The van der Waals surface area contributed by atoms with Crippen LogP contribution in [0.2, 0.25) is 0 Å². The molecule has 1 aliphatic rings. The SMILES string of the molecule is CCn1cc(Nc2nc3c(cc2C#N)CCCC3)cn1. The molecule has 0 aromatic carbocycles. The Bertz CT molecular complexity index is 665. The van der Waals surface area contributed by atoms with Crippen LogP contribution in [0.1, 0.15) is 36.6 Å². The number of anilines is 2. The van der Waals surface area contributed by atoms with Gasteiger partial charge in [0.25, 0.3) is 0 Å². The van der Waals surface area contributed by atoms with E-state index in [2.05, 4.69) is 21.5 Å². The molecule has 20 heavy (non-hydrogen) atoms. The van der Waals surface area contributed by atoms with Crippen molar-refractivity contribution in [3.63, 3.8) is 0 Å². The lowest BCUT2D eigenvalue weighted by Gasteiger charge is -2.16. The summed E-state index contributed by atoms with van der Waals surface area (Å²) in [6.45, 7) is 2.86. The van der Waals surface area contributed by atoms with Gasteiger partial charge in [-0.25, -0.2) is 4.98 Å². The molecule has 2 heterocycles. The Kier molecular flexibility index (Phi) is 3.38. The molecule has 1 N–H and O–H groups in total. The van der Waals surface area contributed by atoms with E-state index >= 15 is 0 Å². The number of hydrogen-bond donors (Lipinski definition) is 1. The lowest BCUT2D eigenvalue weighted by Crippen LogP contribution is -2.08. The molecule has 3 rings (SSSR count). The van der Waals surface area contributed by atoms with Crippen LogP contribution in [0, 0.1) is 11.3 Å². The van der Waals surface area contributed by atoms with Crippen LogP contribution in [0.15, 0.2) is 18.5 Å². The standard InChI is InChI=1S/C15H17N5/c1-2-20-10-13(9-17-20)18-15-12(8-16)7-11-5-3-4-6-14(11)19-15/h7,9-10H,2-6H2,1H3,(H,18,19). The van der Waals surface area contributed by atoms with Crippen molar-refractivity contribution in [1.29, 1.82) is 5.26 Å². The zero-order valence-electron chi connectivity index (χ0n) is 11.6. The van der Waals surface area contributed by atoms with Crippen molar-refractivity contribution in [2.45, 2.75) is 39.2 Å². The van der Waals surface area contributed by atoms with Crippen LogP contribution >= 0.6 is 0 Å². The van der Waals surface area contributed by atoms with Crippen molar-refractivity contribution in [1.82, 2.24) is 14.8 Å². The van der Waals surface area contributed by atoms with Crippen LogP contribution in [-0.4, -0.2) is 14.8 Å². The summed E-state index contributed by atoms with van der Waals surface area (Å²) in [5.74, 6) is 0.642. The van der Waals surface area contributed by atoms with E-state index in [9.17, 15) is 5.26 Å².